The molecular formula is C11H16BrNS. The van der Waals surface area contributed by atoms with Crippen LogP contribution >= 0.6 is 27.3 Å². The van der Waals surface area contributed by atoms with Crippen molar-refractivity contribution in [3.63, 3.8) is 0 Å². The zero-order valence-corrected chi connectivity index (χ0v) is 11.0. The van der Waals surface area contributed by atoms with Gasteiger partial charge < -0.3 is 5.32 Å². The van der Waals surface area contributed by atoms with Crippen molar-refractivity contribution in [1.82, 2.24) is 5.32 Å². The summed E-state index contributed by atoms with van der Waals surface area (Å²) in [5.74, 6) is 0.722. The van der Waals surface area contributed by atoms with Crippen LogP contribution in [-0.2, 0) is 0 Å². The van der Waals surface area contributed by atoms with E-state index in [1.807, 2.05) is 0 Å². The number of thiophene rings is 1. The Labute approximate surface area is 98.4 Å². The zero-order valence-electron chi connectivity index (χ0n) is 8.59. The van der Waals surface area contributed by atoms with E-state index >= 15 is 0 Å². The van der Waals surface area contributed by atoms with Crippen LogP contribution < -0.4 is 5.32 Å². The monoisotopic (exact) mass is 273 g/mol. The van der Waals surface area contributed by atoms with Crippen LogP contribution in [0.25, 0.3) is 6.08 Å². The van der Waals surface area contributed by atoms with Gasteiger partial charge in [0.15, 0.2) is 0 Å². The molecule has 1 N–H and O–H groups in total. The molecule has 0 unspecified atom stereocenters. The van der Waals surface area contributed by atoms with E-state index in [-0.39, 0.29) is 0 Å². The van der Waals surface area contributed by atoms with Gasteiger partial charge in [-0.3, -0.25) is 0 Å². The van der Waals surface area contributed by atoms with Crippen LogP contribution in [0.3, 0.4) is 0 Å². The zero-order chi connectivity index (χ0) is 10.4. The molecular weight excluding hydrogens is 258 g/mol. The lowest BCUT2D eigenvalue weighted by molar-refractivity contribution is 0.577. The Balaban J connectivity index is 2.21. The molecule has 1 heterocycles. The minimum atomic E-state index is 0.722. The molecule has 78 valence electrons. The van der Waals surface area contributed by atoms with Gasteiger partial charge in [-0.2, -0.15) is 0 Å². The second kappa shape index (κ2) is 6.38. The summed E-state index contributed by atoms with van der Waals surface area (Å²) in [5, 5.41) is 3.37. The molecule has 14 heavy (non-hydrogen) atoms. The van der Waals surface area contributed by atoms with E-state index < -0.39 is 0 Å². The van der Waals surface area contributed by atoms with Crippen LogP contribution in [0.4, 0.5) is 0 Å². The predicted molar refractivity (Wildman–Crippen MR) is 68.8 cm³/mol. The van der Waals surface area contributed by atoms with Crippen molar-refractivity contribution in [2.24, 2.45) is 5.92 Å². The molecule has 1 aromatic heterocycles. The van der Waals surface area contributed by atoms with E-state index in [9.17, 15) is 0 Å². The Bertz CT molecular complexity index is 291. The standard InChI is InChI=1S/C11H16BrNS/c1-9(2)8-13-7-3-4-10-5-6-11(12)14-10/h3-6,9,13H,7-8H2,1-2H3. The molecule has 0 radical (unpaired) electrons. The molecule has 1 rings (SSSR count). The number of hydrogen-bond donors (Lipinski definition) is 1. The van der Waals surface area contributed by atoms with Gasteiger partial charge in [0, 0.05) is 11.4 Å². The third-order valence-electron chi connectivity index (χ3n) is 1.69. The van der Waals surface area contributed by atoms with Gasteiger partial charge in [-0.15, -0.1) is 11.3 Å². The average Bonchev–Trinajstić information content (AvgIpc) is 2.50. The minimum absolute atomic E-state index is 0.722. The van der Waals surface area contributed by atoms with Crippen molar-refractivity contribution in [2.45, 2.75) is 13.8 Å². The predicted octanol–water partition coefficient (Wildman–Crippen LogP) is 3.77. The first-order valence-electron chi connectivity index (χ1n) is 4.81. The molecule has 0 bridgehead atoms. The number of hydrogen-bond acceptors (Lipinski definition) is 2. The fourth-order valence-corrected chi connectivity index (χ4v) is 2.40. The number of rotatable bonds is 5. The van der Waals surface area contributed by atoms with Gasteiger partial charge in [0.25, 0.3) is 0 Å². The lowest BCUT2D eigenvalue weighted by Crippen LogP contribution is -2.19. The molecule has 0 atom stereocenters. The molecule has 0 aliphatic heterocycles. The van der Waals surface area contributed by atoms with Gasteiger partial charge in [0.2, 0.25) is 0 Å². The third-order valence-corrected chi connectivity index (χ3v) is 3.28. The second-order valence-corrected chi connectivity index (χ2v) is 6.09. The van der Waals surface area contributed by atoms with Crippen molar-refractivity contribution in [1.29, 1.82) is 0 Å². The van der Waals surface area contributed by atoms with E-state index in [1.165, 1.54) is 8.66 Å². The largest absolute Gasteiger partial charge is 0.313 e. The van der Waals surface area contributed by atoms with E-state index in [1.54, 1.807) is 11.3 Å². The smallest absolute Gasteiger partial charge is 0.0704 e. The summed E-state index contributed by atoms with van der Waals surface area (Å²) >= 11 is 5.20. The van der Waals surface area contributed by atoms with Crippen molar-refractivity contribution in [3.05, 3.63) is 26.9 Å². The summed E-state index contributed by atoms with van der Waals surface area (Å²) < 4.78 is 1.19. The van der Waals surface area contributed by atoms with Gasteiger partial charge in [-0.05, 0) is 46.6 Å². The molecule has 0 saturated heterocycles. The van der Waals surface area contributed by atoms with E-state index in [2.05, 4.69) is 59.4 Å². The Kier molecular flexibility index (Phi) is 5.45. The van der Waals surface area contributed by atoms with Crippen LogP contribution in [0.2, 0.25) is 0 Å². The second-order valence-electron chi connectivity index (χ2n) is 3.60. The van der Waals surface area contributed by atoms with Crippen molar-refractivity contribution in [3.8, 4) is 0 Å². The first-order valence-corrected chi connectivity index (χ1v) is 6.42. The SMILES string of the molecule is CC(C)CNCC=Cc1ccc(Br)s1. The maximum atomic E-state index is 3.44. The van der Waals surface area contributed by atoms with Gasteiger partial charge >= 0.3 is 0 Å². The highest BCUT2D eigenvalue weighted by atomic mass is 79.9. The summed E-state index contributed by atoms with van der Waals surface area (Å²) in [7, 11) is 0. The summed E-state index contributed by atoms with van der Waals surface area (Å²) in [6.45, 7) is 6.46. The Morgan fingerprint density at radius 3 is 2.86 bits per heavy atom. The first-order chi connectivity index (χ1) is 6.68. The fourth-order valence-electron chi connectivity index (χ4n) is 1.05. The Morgan fingerprint density at radius 2 is 2.29 bits per heavy atom. The highest BCUT2D eigenvalue weighted by Crippen LogP contribution is 2.22. The third kappa shape index (κ3) is 4.94. The van der Waals surface area contributed by atoms with E-state index in [0.29, 0.717) is 0 Å². The molecule has 1 aromatic rings. The Morgan fingerprint density at radius 1 is 1.50 bits per heavy atom. The highest BCUT2D eigenvalue weighted by molar-refractivity contribution is 9.11. The molecule has 3 heteroatoms. The minimum Gasteiger partial charge on any atom is -0.313 e. The normalized spacial score (nSPS) is 11.7. The quantitative estimate of drug-likeness (QED) is 0.806. The van der Waals surface area contributed by atoms with Gasteiger partial charge in [0.1, 0.15) is 0 Å². The summed E-state index contributed by atoms with van der Waals surface area (Å²) in [6, 6.07) is 4.19. The summed E-state index contributed by atoms with van der Waals surface area (Å²) in [4.78, 5) is 1.29. The van der Waals surface area contributed by atoms with Crippen molar-refractivity contribution >= 4 is 33.3 Å². The van der Waals surface area contributed by atoms with Gasteiger partial charge in [-0.25, -0.2) is 0 Å². The number of nitrogens with one attached hydrogen (secondary N) is 1. The maximum absolute atomic E-state index is 3.44. The first kappa shape index (κ1) is 12.0. The van der Waals surface area contributed by atoms with Gasteiger partial charge in [-0.1, -0.05) is 19.9 Å². The lowest BCUT2D eigenvalue weighted by Gasteiger charge is -2.03. The van der Waals surface area contributed by atoms with Crippen LogP contribution in [0.15, 0.2) is 22.0 Å². The van der Waals surface area contributed by atoms with Crippen LogP contribution in [-0.4, -0.2) is 13.1 Å². The summed E-state index contributed by atoms with van der Waals surface area (Å²) in [5.41, 5.74) is 0. The van der Waals surface area contributed by atoms with Crippen LogP contribution in [0.5, 0.6) is 0 Å². The fraction of sp³-hybridized carbons (Fsp3) is 0.455. The molecule has 0 saturated carbocycles. The topological polar surface area (TPSA) is 12.0 Å². The van der Waals surface area contributed by atoms with Crippen molar-refractivity contribution < 1.29 is 0 Å². The molecule has 0 spiro atoms. The maximum Gasteiger partial charge on any atom is 0.0704 e. The van der Waals surface area contributed by atoms with Gasteiger partial charge in [0.05, 0.1) is 3.79 Å². The molecule has 0 aromatic carbocycles. The van der Waals surface area contributed by atoms with E-state index in [0.717, 1.165) is 19.0 Å². The average molecular weight is 274 g/mol. The van der Waals surface area contributed by atoms with Crippen LogP contribution in [0, 0.1) is 5.92 Å². The molecule has 0 fully saturated rings. The van der Waals surface area contributed by atoms with E-state index in [4.69, 9.17) is 0 Å². The molecule has 0 aliphatic rings. The Hall–Kier alpha value is -0.120. The molecule has 1 nitrogen and oxygen atoms in total. The van der Waals surface area contributed by atoms with Crippen LogP contribution in [0.1, 0.15) is 18.7 Å². The van der Waals surface area contributed by atoms with Crippen molar-refractivity contribution in [2.75, 3.05) is 13.1 Å². The molecule has 0 aliphatic carbocycles. The highest BCUT2D eigenvalue weighted by Gasteiger charge is 1.92. The molecule has 0 amide bonds. The lowest BCUT2D eigenvalue weighted by atomic mass is 10.2. The number of halogens is 1. The summed E-state index contributed by atoms with van der Waals surface area (Å²) in [6.07, 6.45) is 4.32.